The Kier molecular flexibility index (Phi) is 8.21. The van der Waals surface area contributed by atoms with E-state index in [0.717, 1.165) is 23.2 Å². The van der Waals surface area contributed by atoms with Crippen LogP contribution in [0.4, 0.5) is 11.4 Å². The second-order valence-corrected chi connectivity index (χ2v) is 7.55. The molecule has 154 valence electrons. The molecule has 0 fully saturated rings. The lowest BCUT2D eigenvalue weighted by Gasteiger charge is -2.20. The molecule has 0 bridgehead atoms. The summed E-state index contributed by atoms with van der Waals surface area (Å²) in [6.07, 6.45) is 3.14. The summed E-state index contributed by atoms with van der Waals surface area (Å²) in [5.41, 5.74) is 2.71. The molecule has 7 nitrogen and oxygen atoms in total. The van der Waals surface area contributed by atoms with Gasteiger partial charge in [-0.25, -0.2) is 0 Å². The van der Waals surface area contributed by atoms with E-state index in [4.69, 9.17) is 0 Å². The predicted octanol–water partition coefficient (Wildman–Crippen LogP) is 3.96. The van der Waals surface area contributed by atoms with Gasteiger partial charge < -0.3 is 10.6 Å². The van der Waals surface area contributed by atoms with Crippen molar-refractivity contribution in [3.63, 3.8) is 0 Å². The molecule has 2 aromatic carbocycles. The summed E-state index contributed by atoms with van der Waals surface area (Å²) in [5.74, 6) is -0.140. The van der Waals surface area contributed by atoms with E-state index in [1.165, 1.54) is 24.3 Å². The van der Waals surface area contributed by atoms with Crippen molar-refractivity contribution >= 4 is 35.0 Å². The highest BCUT2D eigenvalue weighted by Gasteiger charge is 2.23. The van der Waals surface area contributed by atoms with Gasteiger partial charge in [0.2, 0.25) is 5.91 Å². The molecule has 0 unspecified atom stereocenters. The van der Waals surface area contributed by atoms with Crippen LogP contribution in [0.3, 0.4) is 0 Å². The third-order valence-corrected chi connectivity index (χ3v) is 5.18. The van der Waals surface area contributed by atoms with Crippen molar-refractivity contribution in [3.8, 4) is 0 Å². The molecule has 8 heteroatoms. The molecule has 2 amide bonds. The molecule has 0 saturated carbocycles. The Bertz CT molecular complexity index is 901. The Morgan fingerprint density at radius 2 is 1.93 bits per heavy atom. The topological polar surface area (TPSA) is 101 Å². The van der Waals surface area contributed by atoms with Crippen LogP contribution in [0.5, 0.6) is 0 Å². The zero-order chi connectivity index (χ0) is 21.4. The fourth-order valence-electron chi connectivity index (χ4n) is 2.92. The summed E-state index contributed by atoms with van der Waals surface area (Å²) >= 11 is 1.57. The number of anilines is 1. The van der Waals surface area contributed by atoms with Crippen LogP contribution < -0.4 is 10.6 Å². The van der Waals surface area contributed by atoms with Gasteiger partial charge in [0.05, 0.1) is 4.92 Å². The first-order valence-corrected chi connectivity index (χ1v) is 10.7. The highest BCUT2D eigenvalue weighted by Crippen LogP contribution is 2.22. The number of nitrogens with one attached hydrogen (secondary N) is 2. The summed E-state index contributed by atoms with van der Waals surface area (Å²) in [4.78, 5) is 36.0. The van der Waals surface area contributed by atoms with Gasteiger partial charge in [-0.1, -0.05) is 31.2 Å². The lowest BCUT2D eigenvalue weighted by molar-refractivity contribution is -0.384. The molecule has 0 aliphatic heterocycles. The molecular weight excluding hydrogens is 390 g/mol. The average molecular weight is 416 g/mol. The smallest absolute Gasteiger partial charge is 0.270 e. The number of carbonyl (C=O) groups is 2. The van der Waals surface area contributed by atoms with Gasteiger partial charge in [0.25, 0.3) is 11.6 Å². The fraction of sp³-hybridized carbons (Fsp3) is 0.333. The van der Waals surface area contributed by atoms with E-state index in [1.807, 2.05) is 38.3 Å². The van der Waals surface area contributed by atoms with Crippen molar-refractivity contribution < 1.29 is 14.5 Å². The molecule has 0 radical (unpaired) electrons. The lowest BCUT2D eigenvalue weighted by Crippen LogP contribution is -2.44. The van der Waals surface area contributed by atoms with Gasteiger partial charge in [0, 0.05) is 23.4 Å². The Morgan fingerprint density at radius 3 is 2.59 bits per heavy atom. The molecule has 0 saturated heterocycles. The number of thioether (sulfide) groups is 1. The number of non-ortho nitro benzene ring substituents is 1. The molecule has 0 aliphatic rings. The number of nitro groups is 1. The van der Waals surface area contributed by atoms with Crippen molar-refractivity contribution in [1.82, 2.24) is 5.32 Å². The van der Waals surface area contributed by atoms with E-state index < -0.39 is 16.9 Å². The van der Waals surface area contributed by atoms with E-state index in [2.05, 4.69) is 10.6 Å². The minimum absolute atomic E-state index is 0.145. The van der Waals surface area contributed by atoms with Crippen molar-refractivity contribution in [1.29, 1.82) is 0 Å². The molecule has 0 aliphatic carbocycles. The maximum atomic E-state index is 12.9. The molecule has 2 rings (SSSR count). The molecule has 1 atom stereocenters. The summed E-state index contributed by atoms with van der Waals surface area (Å²) in [5, 5.41) is 16.6. The molecule has 2 aromatic rings. The Hall–Kier alpha value is -2.87. The molecule has 0 heterocycles. The Balaban J connectivity index is 2.20. The average Bonchev–Trinajstić information content (AvgIpc) is 2.72. The Labute approximate surface area is 174 Å². The standard InChI is InChI=1S/C21H25N3O4S/c1-4-15-8-5-7-14(2)19(15)23-21(26)18(11-12-29-3)22-20(25)16-9-6-10-17(13-16)24(27)28/h5-10,13,18H,4,11-12H2,1-3H3,(H,22,25)(H,23,26)/t18-/m1/s1. The number of amides is 2. The van der Waals surface area contributed by atoms with Gasteiger partial charge >= 0.3 is 0 Å². The van der Waals surface area contributed by atoms with Crippen LogP contribution in [0.2, 0.25) is 0 Å². The van der Waals surface area contributed by atoms with Crippen molar-refractivity contribution in [2.24, 2.45) is 0 Å². The van der Waals surface area contributed by atoms with Gasteiger partial charge in [-0.15, -0.1) is 0 Å². The summed E-state index contributed by atoms with van der Waals surface area (Å²) in [6.45, 7) is 3.94. The number of nitro benzene ring substituents is 1. The van der Waals surface area contributed by atoms with Gasteiger partial charge in [-0.3, -0.25) is 19.7 Å². The molecule has 0 spiro atoms. The lowest BCUT2D eigenvalue weighted by atomic mass is 10.0. The molecule has 29 heavy (non-hydrogen) atoms. The quantitative estimate of drug-likeness (QED) is 0.477. The highest BCUT2D eigenvalue weighted by molar-refractivity contribution is 7.98. The van der Waals surface area contributed by atoms with Crippen molar-refractivity contribution in [2.45, 2.75) is 32.7 Å². The van der Waals surface area contributed by atoms with Gasteiger partial charge in [0.1, 0.15) is 6.04 Å². The van der Waals surface area contributed by atoms with Crippen LogP contribution in [0, 0.1) is 17.0 Å². The van der Waals surface area contributed by atoms with Gasteiger partial charge in [-0.2, -0.15) is 11.8 Å². The van der Waals surface area contributed by atoms with E-state index in [0.29, 0.717) is 12.2 Å². The van der Waals surface area contributed by atoms with Crippen molar-refractivity contribution in [3.05, 3.63) is 69.3 Å². The van der Waals surface area contributed by atoms with Crippen LogP contribution in [0.15, 0.2) is 42.5 Å². The number of rotatable bonds is 9. The molecular formula is C21H25N3O4S. The van der Waals surface area contributed by atoms with Crippen LogP contribution in [0.1, 0.15) is 34.8 Å². The largest absolute Gasteiger partial charge is 0.340 e. The van der Waals surface area contributed by atoms with Crippen LogP contribution in [-0.2, 0) is 11.2 Å². The number of carbonyl (C=O) groups excluding carboxylic acids is 2. The summed E-state index contributed by atoms with van der Waals surface area (Å²) in [6, 6.07) is 10.5. The van der Waals surface area contributed by atoms with E-state index in [-0.39, 0.29) is 17.2 Å². The minimum Gasteiger partial charge on any atom is -0.340 e. The third kappa shape index (κ3) is 6.05. The number of nitrogens with zero attached hydrogens (tertiary/aromatic N) is 1. The van der Waals surface area contributed by atoms with Crippen LogP contribution >= 0.6 is 11.8 Å². The number of para-hydroxylation sites is 1. The maximum Gasteiger partial charge on any atom is 0.270 e. The number of benzene rings is 2. The first-order valence-electron chi connectivity index (χ1n) is 9.31. The second kappa shape index (κ2) is 10.6. The number of hydrogen-bond acceptors (Lipinski definition) is 5. The minimum atomic E-state index is -0.751. The Morgan fingerprint density at radius 1 is 1.21 bits per heavy atom. The maximum absolute atomic E-state index is 12.9. The first kappa shape index (κ1) is 22.4. The predicted molar refractivity (Wildman–Crippen MR) is 117 cm³/mol. The van der Waals surface area contributed by atoms with Crippen molar-refractivity contribution in [2.75, 3.05) is 17.3 Å². The van der Waals surface area contributed by atoms with Crippen LogP contribution in [-0.4, -0.2) is 34.8 Å². The van der Waals surface area contributed by atoms with Crippen LogP contribution in [0.25, 0.3) is 0 Å². The van der Waals surface area contributed by atoms with E-state index in [9.17, 15) is 19.7 Å². The normalized spacial score (nSPS) is 11.6. The first-order chi connectivity index (χ1) is 13.9. The number of aryl methyl sites for hydroxylation is 2. The molecule has 2 N–H and O–H groups in total. The monoisotopic (exact) mass is 415 g/mol. The molecule has 0 aromatic heterocycles. The van der Waals surface area contributed by atoms with Gasteiger partial charge in [0.15, 0.2) is 0 Å². The van der Waals surface area contributed by atoms with E-state index >= 15 is 0 Å². The zero-order valence-electron chi connectivity index (χ0n) is 16.7. The number of hydrogen-bond donors (Lipinski definition) is 2. The SMILES string of the molecule is CCc1cccc(C)c1NC(=O)[C@@H](CCSC)NC(=O)c1cccc([N+](=O)[O-])c1. The zero-order valence-corrected chi connectivity index (χ0v) is 17.5. The highest BCUT2D eigenvalue weighted by atomic mass is 32.2. The summed E-state index contributed by atoms with van der Waals surface area (Å²) < 4.78 is 0. The van der Waals surface area contributed by atoms with Gasteiger partial charge in [-0.05, 0) is 49.0 Å². The second-order valence-electron chi connectivity index (χ2n) is 6.57. The fourth-order valence-corrected chi connectivity index (χ4v) is 3.39. The summed E-state index contributed by atoms with van der Waals surface area (Å²) in [7, 11) is 0. The van der Waals surface area contributed by atoms with E-state index in [1.54, 1.807) is 11.8 Å². The third-order valence-electron chi connectivity index (χ3n) is 4.54.